The van der Waals surface area contributed by atoms with Gasteiger partial charge in [0.1, 0.15) is 18.2 Å². The Balaban J connectivity index is 1.89. The minimum Gasteiger partial charge on any atom is -0.350 e. The summed E-state index contributed by atoms with van der Waals surface area (Å²) >= 11 is 0. The molecule has 1 aromatic heterocycles. The Labute approximate surface area is 166 Å². The summed E-state index contributed by atoms with van der Waals surface area (Å²) in [6.07, 6.45) is 0. The van der Waals surface area contributed by atoms with Crippen molar-refractivity contribution in [3.05, 3.63) is 70.0 Å². The molecule has 3 rings (SSSR count). The van der Waals surface area contributed by atoms with Crippen molar-refractivity contribution in [2.45, 2.75) is 26.9 Å². The van der Waals surface area contributed by atoms with Crippen LogP contribution in [0.25, 0.3) is 10.9 Å². The molecule has 2 aromatic carbocycles. The highest BCUT2D eigenvalue weighted by Crippen LogP contribution is 2.15. The molecular weight excluding hydrogens is 378 g/mol. The number of carbonyl (C=O) groups is 1. The van der Waals surface area contributed by atoms with Crippen molar-refractivity contribution in [1.29, 1.82) is 0 Å². The predicted molar refractivity (Wildman–Crippen MR) is 108 cm³/mol. The number of benzene rings is 2. The molecule has 0 aliphatic rings. The summed E-state index contributed by atoms with van der Waals surface area (Å²) in [5, 5.41) is 3.00. The molecule has 0 unspecified atom stereocenters. The summed E-state index contributed by atoms with van der Waals surface area (Å²) in [5.41, 5.74) is 0.401. The van der Waals surface area contributed by atoms with Crippen LogP contribution in [0.1, 0.15) is 19.4 Å². The topological polar surface area (TPSA) is 67.2 Å². The van der Waals surface area contributed by atoms with Crippen molar-refractivity contribution in [3.8, 4) is 0 Å². The van der Waals surface area contributed by atoms with Gasteiger partial charge >= 0.3 is 0 Å². The van der Waals surface area contributed by atoms with Crippen LogP contribution in [0, 0.1) is 11.6 Å². The van der Waals surface area contributed by atoms with E-state index >= 15 is 0 Å². The van der Waals surface area contributed by atoms with Crippen molar-refractivity contribution in [2.75, 3.05) is 18.0 Å². The zero-order chi connectivity index (χ0) is 21.0. The van der Waals surface area contributed by atoms with Crippen LogP contribution < -0.4 is 15.8 Å². The number of para-hydroxylation sites is 1. The highest BCUT2D eigenvalue weighted by Gasteiger charge is 2.17. The largest absolute Gasteiger partial charge is 0.350 e. The fourth-order valence-corrected chi connectivity index (χ4v) is 3.11. The fraction of sp³-hybridized carbons (Fsp3) is 0.286. The maximum atomic E-state index is 13.8. The van der Waals surface area contributed by atoms with Gasteiger partial charge in [0.25, 0.3) is 5.56 Å². The molecule has 1 heterocycles. The van der Waals surface area contributed by atoms with Crippen molar-refractivity contribution >= 4 is 22.8 Å². The van der Waals surface area contributed by atoms with Crippen LogP contribution in [0.15, 0.2) is 47.3 Å². The highest BCUT2D eigenvalue weighted by atomic mass is 19.1. The lowest BCUT2D eigenvalue weighted by Gasteiger charge is -2.24. The van der Waals surface area contributed by atoms with Crippen LogP contribution >= 0.6 is 0 Å². The summed E-state index contributed by atoms with van der Waals surface area (Å²) < 4.78 is 28.1. The molecule has 0 atom stereocenters. The summed E-state index contributed by atoms with van der Waals surface area (Å²) in [7, 11) is 0. The summed E-state index contributed by atoms with van der Waals surface area (Å²) in [5.74, 6) is -1.49. The van der Waals surface area contributed by atoms with Gasteiger partial charge in [0.15, 0.2) is 0 Å². The number of amides is 1. The van der Waals surface area contributed by atoms with Gasteiger partial charge in [-0.3, -0.25) is 14.2 Å². The maximum absolute atomic E-state index is 13.8. The molecule has 152 valence electrons. The zero-order valence-electron chi connectivity index (χ0n) is 16.3. The van der Waals surface area contributed by atoms with Gasteiger partial charge in [0, 0.05) is 31.3 Å². The molecule has 0 aliphatic heterocycles. The van der Waals surface area contributed by atoms with Crippen molar-refractivity contribution in [1.82, 2.24) is 14.9 Å². The average molecular weight is 400 g/mol. The quantitative estimate of drug-likeness (QED) is 0.662. The maximum Gasteiger partial charge on any atom is 0.263 e. The SMILES string of the molecule is CCN(CC)c1nc2ccccc2c(=O)n1CC(=O)NCc1ccc(F)cc1F. The molecule has 0 bridgehead atoms. The van der Waals surface area contributed by atoms with Gasteiger partial charge in [0.05, 0.1) is 10.9 Å². The smallest absolute Gasteiger partial charge is 0.263 e. The first kappa shape index (κ1) is 20.4. The molecule has 3 aromatic rings. The zero-order valence-corrected chi connectivity index (χ0v) is 16.3. The highest BCUT2D eigenvalue weighted by molar-refractivity contribution is 5.80. The van der Waals surface area contributed by atoms with E-state index in [-0.39, 0.29) is 24.2 Å². The number of carbonyl (C=O) groups excluding carboxylic acids is 1. The number of aromatic nitrogens is 2. The Hall–Kier alpha value is -3.29. The van der Waals surface area contributed by atoms with E-state index in [1.807, 2.05) is 18.7 Å². The van der Waals surface area contributed by atoms with Crippen LogP contribution in [-0.2, 0) is 17.9 Å². The molecule has 1 N–H and O–H groups in total. The van der Waals surface area contributed by atoms with Crippen LogP contribution in [-0.4, -0.2) is 28.5 Å². The molecule has 0 spiro atoms. The normalized spacial score (nSPS) is 10.9. The molecule has 1 amide bonds. The minimum absolute atomic E-state index is 0.110. The van der Waals surface area contributed by atoms with E-state index in [0.29, 0.717) is 29.9 Å². The van der Waals surface area contributed by atoms with Crippen molar-refractivity contribution < 1.29 is 13.6 Å². The number of hydrogen-bond donors (Lipinski definition) is 1. The molecule has 8 heteroatoms. The second-order valence-corrected chi connectivity index (χ2v) is 6.51. The third-order valence-electron chi connectivity index (χ3n) is 4.68. The number of rotatable bonds is 7. The van der Waals surface area contributed by atoms with Crippen LogP contribution in [0.3, 0.4) is 0 Å². The summed E-state index contributed by atoms with van der Waals surface area (Å²) in [6, 6.07) is 10.1. The lowest BCUT2D eigenvalue weighted by atomic mass is 10.2. The Morgan fingerprint density at radius 2 is 1.86 bits per heavy atom. The lowest BCUT2D eigenvalue weighted by Crippen LogP contribution is -2.37. The van der Waals surface area contributed by atoms with Crippen LogP contribution in [0.2, 0.25) is 0 Å². The number of nitrogens with zero attached hydrogens (tertiary/aromatic N) is 3. The first-order chi connectivity index (χ1) is 13.9. The van der Waals surface area contributed by atoms with Gasteiger partial charge < -0.3 is 10.2 Å². The summed E-state index contributed by atoms with van der Waals surface area (Å²) in [4.78, 5) is 32.0. The Morgan fingerprint density at radius 3 is 2.55 bits per heavy atom. The number of nitrogens with one attached hydrogen (secondary N) is 1. The standard InChI is InChI=1S/C21H22F2N4O2/c1-3-26(4-2)21-25-18-8-6-5-7-16(18)20(29)27(21)13-19(28)24-12-14-9-10-15(22)11-17(14)23/h5-11H,3-4,12-13H2,1-2H3,(H,24,28). The fourth-order valence-electron chi connectivity index (χ4n) is 3.11. The third kappa shape index (κ3) is 4.42. The molecule has 0 fully saturated rings. The monoisotopic (exact) mass is 400 g/mol. The molecule has 29 heavy (non-hydrogen) atoms. The van der Waals surface area contributed by atoms with Gasteiger partial charge in [-0.1, -0.05) is 18.2 Å². The molecule has 0 aliphatic carbocycles. The molecule has 0 saturated carbocycles. The van der Waals surface area contributed by atoms with Gasteiger partial charge in [0.2, 0.25) is 11.9 Å². The number of halogens is 2. The van der Waals surface area contributed by atoms with E-state index in [2.05, 4.69) is 10.3 Å². The van der Waals surface area contributed by atoms with E-state index in [1.54, 1.807) is 24.3 Å². The van der Waals surface area contributed by atoms with Crippen molar-refractivity contribution in [3.63, 3.8) is 0 Å². The second-order valence-electron chi connectivity index (χ2n) is 6.51. The van der Waals surface area contributed by atoms with Gasteiger partial charge in [-0.2, -0.15) is 0 Å². The number of hydrogen-bond acceptors (Lipinski definition) is 4. The second kappa shape index (κ2) is 8.81. The van der Waals surface area contributed by atoms with Gasteiger partial charge in [-0.25, -0.2) is 13.8 Å². The number of anilines is 1. The van der Waals surface area contributed by atoms with E-state index in [0.717, 1.165) is 12.1 Å². The number of fused-ring (bicyclic) bond motifs is 1. The van der Waals surface area contributed by atoms with E-state index in [9.17, 15) is 18.4 Å². The van der Waals surface area contributed by atoms with Gasteiger partial charge in [-0.15, -0.1) is 0 Å². The molecule has 6 nitrogen and oxygen atoms in total. The first-order valence-electron chi connectivity index (χ1n) is 9.39. The van der Waals surface area contributed by atoms with Crippen molar-refractivity contribution in [2.24, 2.45) is 0 Å². The Morgan fingerprint density at radius 1 is 1.14 bits per heavy atom. The average Bonchev–Trinajstić information content (AvgIpc) is 2.71. The summed E-state index contributed by atoms with van der Waals surface area (Å²) in [6.45, 7) is 4.74. The lowest BCUT2D eigenvalue weighted by molar-refractivity contribution is -0.121. The van der Waals surface area contributed by atoms with Gasteiger partial charge in [-0.05, 0) is 32.0 Å². The predicted octanol–water partition coefficient (Wildman–Crippen LogP) is 2.84. The minimum atomic E-state index is -0.737. The molecule has 0 radical (unpaired) electrons. The van der Waals surface area contributed by atoms with Crippen LogP contribution in [0.4, 0.5) is 14.7 Å². The molecule has 0 saturated heterocycles. The Kier molecular flexibility index (Phi) is 6.21. The third-order valence-corrected chi connectivity index (χ3v) is 4.68. The first-order valence-corrected chi connectivity index (χ1v) is 9.39. The van der Waals surface area contributed by atoms with E-state index in [1.165, 1.54) is 10.6 Å². The van der Waals surface area contributed by atoms with E-state index in [4.69, 9.17) is 0 Å². The van der Waals surface area contributed by atoms with Crippen LogP contribution in [0.5, 0.6) is 0 Å². The molecular formula is C21H22F2N4O2. The van der Waals surface area contributed by atoms with E-state index < -0.39 is 17.5 Å². The Bertz CT molecular complexity index is 1090.